The van der Waals surface area contributed by atoms with Gasteiger partial charge in [-0.05, 0) is 49.5 Å². The molecule has 1 aliphatic rings. The molecule has 0 atom stereocenters. The van der Waals surface area contributed by atoms with Crippen LogP contribution in [0.4, 0.5) is 0 Å². The van der Waals surface area contributed by atoms with E-state index >= 15 is 0 Å². The molecule has 1 saturated heterocycles. The van der Waals surface area contributed by atoms with Crippen molar-refractivity contribution in [1.82, 2.24) is 4.90 Å². The number of nitrogens with zero attached hydrogens (tertiary/aromatic N) is 1. The molecular formula is C15H23NO2. The van der Waals surface area contributed by atoms with Gasteiger partial charge in [0.25, 0.3) is 0 Å². The third-order valence-corrected chi connectivity index (χ3v) is 3.66. The van der Waals surface area contributed by atoms with E-state index in [1.807, 2.05) is 24.3 Å². The molecule has 1 N–H and O–H groups in total. The molecule has 0 radical (unpaired) electrons. The zero-order chi connectivity index (χ0) is 12.8. The van der Waals surface area contributed by atoms with Gasteiger partial charge in [0.15, 0.2) is 0 Å². The Kier molecular flexibility index (Phi) is 5.02. The highest BCUT2D eigenvalue weighted by Gasteiger charge is 2.14. The van der Waals surface area contributed by atoms with Crippen molar-refractivity contribution in [3.05, 3.63) is 29.8 Å². The van der Waals surface area contributed by atoms with Gasteiger partial charge >= 0.3 is 0 Å². The minimum Gasteiger partial charge on any atom is -0.492 e. The highest BCUT2D eigenvalue weighted by atomic mass is 16.5. The summed E-state index contributed by atoms with van der Waals surface area (Å²) in [6.07, 6.45) is 2.62. The number of likely N-dealkylation sites (tertiary alicyclic amines) is 1. The Morgan fingerprint density at radius 2 is 1.89 bits per heavy atom. The number of hydrogen-bond donors (Lipinski definition) is 1. The molecule has 3 heteroatoms. The molecule has 3 nitrogen and oxygen atoms in total. The van der Waals surface area contributed by atoms with E-state index in [0.29, 0.717) is 0 Å². The second-order valence-corrected chi connectivity index (χ2v) is 5.17. The predicted octanol–water partition coefficient (Wildman–Crippen LogP) is 2.29. The number of ether oxygens (including phenoxy) is 1. The fourth-order valence-corrected chi connectivity index (χ4v) is 2.27. The molecule has 2 rings (SSSR count). The minimum absolute atomic E-state index is 0.0895. The lowest BCUT2D eigenvalue weighted by atomic mass is 9.99. The number of aliphatic hydroxyl groups is 1. The highest BCUT2D eigenvalue weighted by molar-refractivity contribution is 5.26. The summed E-state index contributed by atoms with van der Waals surface area (Å²) in [4.78, 5) is 2.47. The Labute approximate surface area is 109 Å². The first kappa shape index (κ1) is 13.4. The van der Waals surface area contributed by atoms with E-state index in [1.54, 1.807) is 0 Å². The molecule has 1 heterocycles. The molecule has 0 unspecified atom stereocenters. The largest absolute Gasteiger partial charge is 0.492 e. The maximum Gasteiger partial charge on any atom is 0.119 e. The Hall–Kier alpha value is -1.06. The molecule has 0 saturated carbocycles. The van der Waals surface area contributed by atoms with Gasteiger partial charge < -0.3 is 9.84 Å². The van der Waals surface area contributed by atoms with E-state index in [2.05, 4.69) is 11.8 Å². The molecule has 0 bridgehead atoms. The summed E-state index contributed by atoms with van der Waals surface area (Å²) in [6.45, 7) is 6.58. The van der Waals surface area contributed by atoms with E-state index < -0.39 is 0 Å². The third kappa shape index (κ3) is 4.00. The number of hydrogen-bond acceptors (Lipinski definition) is 3. The molecule has 0 aliphatic carbocycles. The first-order chi connectivity index (χ1) is 8.78. The molecule has 1 fully saturated rings. The lowest BCUT2D eigenvalue weighted by Crippen LogP contribution is -2.35. The SMILES string of the molecule is CC1CCN(CCOc2ccc(CO)cc2)CC1. The zero-order valence-corrected chi connectivity index (χ0v) is 11.1. The van der Waals surface area contributed by atoms with Gasteiger partial charge in [-0.25, -0.2) is 0 Å². The van der Waals surface area contributed by atoms with Crippen LogP contribution in [-0.4, -0.2) is 36.2 Å². The van der Waals surface area contributed by atoms with Gasteiger partial charge in [0.2, 0.25) is 0 Å². The van der Waals surface area contributed by atoms with E-state index in [9.17, 15) is 0 Å². The minimum atomic E-state index is 0.0895. The highest BCUT2D eigenvalue weighted by Crippen LogP contribution is 2.16. The average molecular weight is 249 g/mol. The van der Waals surface area contributed by atoms with Crippen molar-refractivity contribution in [1.29, 1.82) is 0 Å². The van der Waals surface area contributed by atoms with Crippen molar-refractivity contribution < 1.29 is 9.84 Å². The summed E-state index contributed by atoms with van der Waals surface area (Å²) in [5, 5.41) is 8.95. The predicted molar refractivity (Wildman–Crippen MR) is 72.7 cm³/mol. The average Bonchev–Trinajstić information content (AvgIpc) is 2.42. The van der Waals surface area contributed by atoms with E-state index in [0.717, 1.165) is 30.4 Å². The van der Waals surface area contributed by atoms with Crippen LogP contribution in [0, 0.1) is 5.92 Å². The number of rotatable bonds is 5. The quantitative estimate of drug-likeness (QED) is 0.869. The zero-order valence-electron chi connectivity index (χ0n) is 11.1. The molecule has 1 aromatic carbocycles. The fourth-order valence-electron chi connectivity index (χ4n) is 2.27. The number of benzene rings is 1. The number of piperidine rings is 1. The lowest BCUT2D eigenvalue weighted by molar-refractivity contribution is 0.160. The van der Waals surface area contributed by atoms with Crippen molar-refractivity contribution >= 4 is 0 Å². The third-order valence-electron chi connectivity index (χ3n) is 3.66. The second-order valence-electron chi connectivity index (χ2n) is 5.17. The van der Waals surface area contributed by atoms with Gasteiger partial charge in [-0.1, -0.05) is 19.1 Å². The molecule has 1 aromatic rings. The summed E-state index contributed by atoms with van der Waals surface area (Å²) in [5.41, 5.74) is 0.923. The normalized spacial score (nSPS) is 17.9. The maximum atomic E-state index is 8.95. The van der Waals surface area contributed by atoms with Crippen LogP contribution in [0.15, 0.2) is 24.3 Å². The molecule has 18 heavy (non-hydrogen) atoms. The van der Waals surface area contributed by atoms with Gasteiger partial charge in [-0.15, -0.1) is 0 Å². The van der Waals surface area contributed by atoms with Crippen LogP contribution in [0.1, 0.15) is 25.3 Å². The fraction of sp³-hybridized carbons (Fsp3) is 0.600. The first-order valence-corrected chi connectivity index (χ1v) is 6.83. The number of aliphatic hydroxyl groups excluding tert-OH is 1. The molecule has 0 aromatic heterocycles. The Bertz CT molecular complexity index is 342. The van der Waals surface area contributed by atoms with E-state index in [1.165, 1.54) is 25.9 Å². The molecular weight excluding hydrogens is 226 g/mol. The van der Waals surface area contributed by atoms with Gasteiger partial charge in [0.05, 0.1) is 6.61 Å². The van der Waals surface area contributed by atoms with Gasteiger partial charge in [0, 0.05) is 6.54 Å². The summed E-state index contributed by atoms with van der Waals surface area (Å²) < 4.78 is 5.71. The smallest absolute Gasteiger partial charge is 0.119 e. The van der Waals surface area contributed by atoms with Crippen LogP contribution < -0.4 is 4.74 Å². The van der Waals surface area contributed by atoms with E-state index in [-0.39, 0.29) is 6.61 Å². The van der Waals surface area contributed by atoms with Crippen molar-refractivity contribution in [3.8, 4) is 5.75 Å². The molecule has 0 spiro atoms. The van der Waals surface area contributed by atoms with Crippen molar-refractivity contribution in [2.24, 2.45) is 5.92 Å². The molecule has 100 valence electrons. The molecule has 1 aliphatic heterocycles. The Morgan fingerprint density at radius 1 is 1.22 bits per heavy atom. The van der Waals surface area contributed by atoms with Gasteiger partial charge in [-0.3, -0.25) is 4.90 Å². The van der Waals surface area contributed by atoms with E-state index in [4.69, 9.17) is 9.84 Å². The Balaban J connectivity index is 1.68. The monoisotopic (exact) mass is 249 g/mol. The van der Waals surface area contributed by atoms with Crippen molar-refractivity contribution in [2.75, 3.05) is 26.2 Å². The van der Waals surface area contributed by atoms with Crippen molar-refractivity contribution in [3.63, 3.8) is 0 Å². The topological polar surface area (TPSA) is 32.7 Å². The molecule has 0 amide bonds. The Morgan fingerprint density at radius 3 is 2.50 bits per heavy atom. The summed E-state index contributed by atoms with van der Waals surface area (Å²) >= 11 is 0. The van der Waals surface area contributed by atoms with Crippen LogP contribution in [0.25, 0.3) is 0 Å². The first-order valence-electron chi connectivity index (χ1n) is 6.83. The summed E-state index contributed by atoms with van der Waals surface area (Å²) in [6, 6.07) is 7.64. The second kappa shape index (κ2) is 6.76. The van der Waals surface area contributed by atoms with Crippen LogP contribution in [0.2, 0.25) is 0 Å². The van der Waals surface area contributed by atoms with Crippen LogP contribution in [-0.2, 0) is 6.61 Å². The summed E-state index contributed by atoms with van der Waals surface area (Å²) in [5.74, 6) is 1.77. The van der Waals surface area contributed by atoms with Crippen LogP contribution in [0.3, 0.4) is 0 Å². The van der Waals surface area contributed by atoms with Crippen molar-refractivity contribution in [2.45, 2.75) is 26.4 Å². The van der Waals surface area contributed by atoms with Crippen LogP contribution >= 0.6 is 0 Å². The van der Waals surface area contributed by atoms with Gasteiger partial charge in [0.1, 0.15) is 12.4 Å². The maximum absolute atomic E-state index is 8.95. The standard InChI is InChI=1S/C15H23NO2/c1-13-6-8-16(9-7-13)10-11-18-15-4-2-14(12-17)3-5-15/h2-5,13,17H,6-12H2,1H3. The summed E-state index contributed by atoms with van der Waals surface area (Å²) in [7, 11) is 0. The van der Waals surface area contributed by atoms with Gasteiger partial charge in [-0.2, -0.15) is 0 Å². The lowest BCUT2D eigenvalue weighted by Gasteiger charge is -2.29. The van der Waals surface area contributed by atoms with Crippen LogP contribution in [0.5, 0.6) is 5.75 Å².